The predicted molar refractivity (Wildman–Crippen MR) is 53.6 cm³/mol. The fourth-order valence-corrected chi connectivity index (χ4v) is 1.38. The number of nitrogens with one attached hydrogen (secondary N) is 2. The molecule has 0 spiro atoms. The van der Waals surface area contributed by atoms with Gasteiger partial charge in [0.25, 0.3) is 0 Å². The molecule has 0 aliphatic heterocycles. The van der Waals surface area contributed by atoms with Crippen LogP contribution in [0.5, 0.6) is 0 Å². The third-order valence-electron chi connectivity index (χ3n) is 1.40. The van der Waals surface area contributed by atoms with Crippen LogP contribution in [-0.2, 0) is 4.79 Å². The molecule has 6 heteroatoms. The molecular formula is C8H10N2O3S. The van der Waals surface area contributed by atoms with Gasteiger partial charge in [0, 0.05) is 11.9 Å². The van der Waals surface area contributed by atoms with Gasteiger partial charge in [-0.3, -0.25) is 4.79 Å². The number of anilines is 1. The van der Waals surface area contributed by atoms with Crippen LogP contribution in [0, 0.1) is 0 Å². The number of thiophene rings is 1. The molecule has 14 heavy (non-hydrogen) atoms. The fourth-order valence-electron chi connectivity index (χ4n) is 0.794. The first-order valence-electron chi connectivity index (χ1n) is 3.97. The molecule has 0 radical (unpaired) electrons. The zero-order chi connectivity index (χ0) is 10.4. The number of urea groups is 1. The minimum atomic E-state index is -0.930. The third kappa shape index (κ3) is 3.90. The van der Waals surface area contributed by atoms with Gasteiger partial charge in [-0.25, -0.2) is 4.79 Å². The summed E-state index contributed by atoms with van der Waals surface area (Å²) in [5.74, 6) is -0.930. The van der Waals surface area contributed by atoms with Gasteiger partial charge in [0.1, 0.15) is 0 Å². The Kier molecular flexibility index (Phi) is 3.93. The normalized spacial score (nSPS) is 9.43. The number of carbonyl (C=O) groups excluding carboxylic acids is 1. The van der Waals surface area contributed by atoms with Crippen LogP contribution < -0.4 is 10.6 Å². The molecule has 3 N–H and O–H groups in total. The number of amides is 2. The van der Waals surface area contributed by atoms with Crippen molar-refractivity contribution < 1.29 is 14.7 Å². The van der Waals surface area contributed by atoms with E-state index in [1.54, 1.807) is 11.4 Å². The van der Waals surface area contributed by atoms with E-state index in [-0.39, 0.29) is 19.0 Å². The van der Waals surface area contributed by atoms with Crippen LogP contribution in [0.25, 0.3) is 0 Å². The van der Waals surface area contributed by atoms with E-state index < -0.39 is 5.97 Å². The number of aliphatic carboxylic acids is 1. The van der Waals surface area contributed by atoms with Gasteiger partial charge < -0.3 is 15.7 Å². The first-order chi connectivity index (χ1) is 6.68. The van der Waals surface area contributed by atoms with Gasteiger partial charge in [-0.1, -0.05) is 0 Å². The SMILES string of the molecule is O=C(O)CCNC(=O)Nc1ccsc1. The molecule has 1 aromatic rings. The fraction of sp³-hybridized carbons (Fsp3) is 0.250. The summed E-state index contributed by atoms with van der Waals surface area (Å²) in [6.07, 6.45) is -0.0724. The highest BCUT2D eigenvalue weighted by Crippen LogP contribution is 2.10. The number of rotatable bonds is 4. The van der Waals surface area contributed by atoms with Crippen molar-refractivity contribution in [2.75, 3.05) is 11.9 Å². The summed E-state index contributed by atoms with van der Waals surface area (Å²) in [6.45, 7) is 0.130. The Morgan fingerprint density at radius 1 is 1.50 bits per heavy atom. The summed E-state index contributed by atoms with van der Waals surface area (Å²) < 4.78 is 0. The first kappa shape index (κ1) is 10.5. The molecule has 76 valence electrons. The van der Waals surface area contributed by atoms with Crippen LogP contribution >= 0.6 is 11.3 Å². The van der Waals surface area contributed by atoms with Crippen molar-refractivity contribution in [2.45, 2.75) is 6.42 Å². The molecular weight excluding hydrogens is 204 g/mol. The summed E-state index contributed by atoms with van der Waals surface area (Å²) in [4.78, 5) is 21.2. The zero-order valence-corrected chi connectivity index (χ0v) is 8.13. The van der Waals surface area contributed by atoms with Gasteiger partial charge >= 0.3 is 12.0 Å². The molecule has 0 saturated carbocycles. The lowest BCUT2D eigenvalue weighted by Gasteiger charge is -2.03. The molecule has 0 aliphatic carbocycles. The molecule has 2 amide bonds. The lowest BCUT2D eigenvalue weighted by atomic mass is 10.4. The van der Waals surface area contributed by atoms with E-state index in [4.69, 9.17) is 5.11 Å². The molecule has 0 saturated heterocycles. The summed E-state index contributed by atoms with van der Waals surface area (Å²) >= 11 is 1.47. The Bertz CT molecular complexity index is 310. The van der Waals surface area contributed by atoms with Crippen molar-refractivity contribution in [3.05, 3.63) is 16.8 Å². The van der Waals surface area contributed by atoms with Crippen molar-refractivity contribution in [3.63, 3.8) is 0 Å². The van der Waals surface area contributed by atoms with Crippen LogP contribution in [0.4, 0.5) is 10.5 Å². The highest BCUT2D eigenvalue weighted by molar-refractivity contribution is 7.08. The zero-order valence-electron chi connectivity index (χ0n) is 7.32. The predicted octanol–water partition coefficient (Wildman–Crippen LogP) is 1.34. The van der Waals surface area contributed by atoms with Crippen molar-refractivity contribution in [3.8, 4) is 0 Å². The maximum absolute atomic E-state index is 11.1. The molecule has 0 unspecified atom stereocenters. The topological polar surface area (TPSA) is 78.4 Å². The summed E-state index contributed by atoms with van der Waals surface area (Å²) in [7, 11) is 0. The Morgan fingerprint density at radius 3 is 2.86 bits per heavy atom. The molecule has 0 fully saturated rings. The standard InChI is InChI=1S/C8H10N2O3S/c11-7(12)1-3-9-8(13)10-6-2-4-14-5-6/h2,4-5H,1,3H2,(H,11,12)(H2,9,10,13). The van der Waals surface area contributed by atoms with Crippen molar-refractivity contribution >= 4 is 29.0 Å². The van der Waals surface area contributed by atoms with E-state index in [1.807, 2.05) is 5.38 Å². The summed E-state index contributed by atoms with van der Waals surface area (Å²) in [6, 6.07) is 1.38. The quantitative estimate of drug-likeness (QED) is 0.707. The monoisotopic (exact) mass is 214 g/mol. The van der Waals surface area contributed by atoms with Gasteiger partial charge in [0.15, 0.2) is 0 Å². The highest BCUT2D eigenvalue weighted by Gasteiger charge is 2.02. The Balaban J connectivity index is 2.20. The average molecular weight is 214 g/mol. The summed E-state index contributed by atoms with van der Waals surface area (Å²) in [5, 5.41) is 16.9. The lowest BCUT2D eigenvalue weighted by molar-refractivity contribution is -0.136. The van der Waals surface area contributed by atoms with E-state index in [9.17, 15) is 9.59 Å². The average Bonchev–Trinajstić information content (AvgIpc) is 2.56. The van der Waals surface area contributed by atoms with Crippen LogP contribution in [0.15, 0.2) is 16.8 Å². The van der Waals surface area contributed by atoms with Crippen LogP contribution in [-0.4, -0.2) is 23.7 Å². The van der Waals surface area contributed by atoms with Gasteiger partial charge in [-0.05, 0) is 11.4 Å². The van der Waals surface area contributed by atoms with E-state index >= 15 is 0 Å². The second-order valence-electron chi connectivity index (χ2n) is 2.54. The molecule has 0 bridgehead atoms. The minimum absolute atomic E-state index is 0.0724. The second-order valence-corrected chi connectivity index (χ2v) is 3.32. The van der Waals surface area contributed by atoms with Crippen LogP contribution in [0.1, 0.15) is 6.42 Å². The Hall–Kier alpha value is -1.56. The van der Waals surface area contributed by atoms with Crippen LogP contribution in [0.2, 0.25) is 0 Å². The third-order valence-corrected chi connectivity index (χ3v) is 2.09. The first-order valence-corrected chi connectivity index (χ1v) is 4.91. The molecule has 1 rings (SSSR count). The maximum Gasteiger partial charge on any atom is 0.319 e. The molecule has 0 aliphatic rings. The maximum atomic E-state index is 11.1. The largest absolute Gasteiger partial charge is 0.481 e. The van der Waals surface area contributed by atoms with E-state index in [0.29, 0.717) is 5.69 Å². The molecule has 5 nitrogen and oxygen atoms in total. The van der Waals surface area contributed by atoms with Crippen molar-refractivity contribution in [2.24, 2.45) is 0 Å². The van der Waals surface area contributed by atoms with Gasteiger partial charge in [-0.15, -0.1) is 0 Å². The number of carboxylic acid groups (broad SMARTS) is 1. The number of carbonyl (C=O) groups is 2. The van der Waals surface area contributed by atoms with E-state index in [0.717, 1.165) is 0 Å². The Labute approximate surface area is 84.7 Å². The molecule has 1 heterocycles. The highest BCUT2D eigenvalue weighted by atomic mass is 32.1. The van der Waals surface area contributed by atoms with E-state index in [2.05, 4.69) is 10.6 Å². The number of carboxylic acids is 1. The lowest BCUT2D eigenvalue weighted by Crippen LogP contribution is -2.30. The molecule has 0 atom stereocenters. The van der Waals surface area contributed by atoms with Crippen molar-refractivity contribution in [1.29, 1.82) is 0 Å². The van der Waals surface area contributed by atoms with Gasteiger partial charge in [0.2, 0.25) is 0 Å². The van der Waals surface area contributed by atoms with E-state index in [1.165, 1.54) is 11.3 Å². The Morgan fingerprint density at radius 2 is 2.29 bits per heavy atom. The number of hydrogen-bond acceptors (Lipinski definition) is 3. The summed E-state index contributed by atoms with van der Waals surface area (Å²) in [5.41, 5.74) is 0.711. The second kappa shape index (κ2) is 5.23. The van der Waals surface area contributed by atoms with Gasteiger partial charge in [0.05, 0.1) is 12.1 Å². The molecule has 0 aromatic carbocycles. The smallest absolute Gasteiger partial charge is 0.319 e. The minimum Gasteiger partial charge on any atom is -0.481 e. The molecule has 1 aromatic heterocycles. The van der Waals surface area contributed by atoms with Crippen molar-refractivity contribution in [1.82, 2.24) is 5.32 Å². The van der Waals surface area contributed by atoms with Crippen LogP contribution in [0.3, 0.4) is 0 Å². The van der Waals surface area contributed by atoms with Gasteiger partial charge in [-0.2, -0.15) is 11.3 Å². The number of hydrogen-bond donors (Lipinski definition) is 3.